The van der Waals surface area contributed by atoms with E-state index < -0.39 is 11.9 Å². The van der Waals surface area contributed by atoms with Crippen molar-refractivity contribution in [3.8, 4) is 0 Å². The third kappa shape index (κ3) is 4.96. The van der Waals surface area contributed by atoms with Crippen molar-refractivity contribution >= 4 is 11.8 Å². The van der Waals surface area contributed by atoms with Crippen LogP contribution in [0.1, 0.15) is 82.5 Å². The number of fused-ring (bicyclic) bond motifs is 1. The number of aliphatic hydroxyl groups is 1. The molecule has 0 radical (unpaired) electrons. The second-order valence-electron chi connectivity index (χ2n) is 11.1. The van der Waals surface area contributed by atoms with Crippen LogP contribution < -0.4 is 10.6 Å². The number of rotatable bonds is 5. The summed E-state index contributed by atoms with van der Waals surface area (Å²) in [7, 11) is 0. The van der Waals surface area contributed by atoms with E-state index >= 15 is 0 Å². The summed E-state index contributed by atoms with van der Waals surface area (Å²) in [5.41, 5.74) is 0.312. The first kappa shape index (κ1) is 24.2. The van der Waals surface area contributed by atoms with Gasteiger partial charge in [-0.05, 0) is 79.9 Å². The summed E-state index contributed by atoms with van der Waals surface area (Å²) >= 11 is 0. The van der Waals surface area contributed by atoms with Crippen molar-refractivity contribution in [2.75, 3.05) is 0 Å². The van der Waals surface area contributed by atoms with E-state index in [0.29, 0.717) is 5.56 Å². The van der Waals surface area contributed by atoms with Crippen molar-refractivity contribution in [1.82, 2.24) is 10.6 Å². The summed E-state index contributed by atoms with van der Waals surface area (Å²) in [4.78, 5) is 25.7. The van der Waals surface area contributed by atoms with Crippen LogP contribution in [-0.2, 0) is 4.79 Å². The topological polar surface area (TPSA) is 78.4 Å². The highest BCUT2D eigenvalue weighted by Gasteiger charge is 2.54. The fourth-order valence-electron chi connectivity index (χ4n) is 6.98. The van der Waals surface area contributed by atoms with Crippen molar-refractivity contribution in [2.24, 2.45) is 29.1 Å². The second kappa shape index (κ2) is 9.73. The van der Waals surface area contributed by atoms with Crippen LogP contribution in [0.15, 0.2) is 24.3 Å². The molecule has 5 nitrogen and oxygen atoms in total. The summed E-state index contributed by atoms with van der Waals surface area (Å²) in [6.45, 7) is 6.31. The fourth-order valence-corrected chi connectivity index (χ4v) is 6.98. The Labute approximate surface area is 196 Å². The first-order chi connectivity index (χ1) is 15.7. The molecule has 0 spiro atoms. The highest BCUT2D eigenvalue weighted by molar-refractivity contribution is 5.94. The molecule has 3 aliphatic carbocycles. The summed E-state index contributed by atoms with van der Waals surface area (Å²) in [5, 5.41) is 17.9. The van der Waals surface area contributed by atoms with E-state index in [-0.39, 0.29) is 53.0 Å². The molecule has 7 unspecified atom stereocenters. The molecule has 0 bridgehead atoms. The molecule has 2 amide bonds. The van der Waals surface area contributed by atoms with Crippen LogP contribution in [0.25, 0.3) is 0 Å². The lowest BCUT2D eigenvalue weighted by molar-refractivity contribution is -0.142. The molecule has 33 heavy (non-hydrogen) atoms. The minimum absolute atomic E-state index is 0.00291. The zero-order valence-corrected chi connectivity index (χ0v) is 20.1. The molecule has 0 aromatic heterocycles. The van der Waals surface area contributed by atoms with Gasteiger partial charge in [0.1, 0.15) is 5.82 Å². The van der Waals surface area contributed by atoms with Gasteiger partial charge in [-0.25, -0.2) is 4.39 Å². The Morgan fingerprint density at radius 2 is 1.82 bits per heavy atom. The molecule has 4 rings (SSSR count). The fraction of sp³-hybridized carbons (Fsp3) is 0.704. The molecular weight excluding hydrogens is 419 g/mol. The van der Waals surface area contributed by atoms with Gasteiger partial charge in [-0.15, -0.1) is 0 Å². The Kier molecular flexibility index (Phi) is 7.13. The number of carbonyl (C=O) groups is 2. The Bertz CT molecular complexity index is 871. The van der Waals surface area contributed by atoms with Gasteiger partial charge in [0.15, 0.2) is 0 Å². The standard InChI is InChI=1S/C27H39FN2O3/c1-16(25(32)29-20-9-4-5-10-20)21-11-13-27(3)14-12-22(17(2)23(27)24(21)31)30-26(33)18-7-6-8-19(28)15-18/h6-8,15-17,20-24,31H,4-5,9-14H2,1-3H3,(H,29,32)(H,30,33). The number of amides is 2. The molecule has 6 heteroatoms. The van der Waals surface area contributed by atoms with Crippen molar-refractivity contribution in [3.05, 3.63) is 35.6 Å². The number of nitrogens with one attached hydrogen (secondary N) is 2. The lowest BCUT2D eigenvalue weighted by Gasteiger charge is -2.56. The number of benzene rings is 1. The molecule has 7 atom stereocenters. The molecule has 0 heterocycles. The van der Waals surface area contributed by atoms with E-state index in [4.69, 9.17) is 0 Å². The van der Waals surface area contributed by atoms with Crippen LogP contribution in [0.2, 0.25) is 0 Å². The largest absolute Gasteiger partial charge is 0.392 e. The highest BCUT2D eigenvalue weighted by Crippen LogP contribution is 2.55. The van der Waals surface area contributed by atoms with Crippen LogP contribution in [0.4, 0.5) is 4.39 Å². The average Bonchev–Trinajstić information content (AvgIpc) is 3.28. The molecule has 182 valence electrons. The van der Waals surface area contributed by atoms with Crippen LogP contribution >= 0.6 is 0 Å². The molecular formula is C27H39FN2O3. The minimum Gasteiger partial charge on any atom is -0.392 e. The predicted octanol–water partition coefficient (Wildman–Crippen LogP) is 4.44. The summed E-state index contributed by atoms with van der Waals surface area (Å²) < 4.78 is 13.6. The smallest absolute Gasteiger partial charge is 0.251 e. The Balaban J connectivity index is 1.45. The maximum Gasteiger partial charge on any atom is 0.251 e. The van der Waals surface area contributed by atoms with Gasteiger partial charge in [0.2, 0.25) is 5.91 Å². The lowest BCUT2D eigenvalue weighted by atomic mass is 9.51. The number of carbonyl (C=O) groups excluding carboxylic acids is 2. The van der Waals surface area contributed by atoms with E-state index in [2.05, 4.69) is 24.5 Å². The maximum absolute atomic E-state index is 13.6. The van der Waals surface area contributed by atoms with Gasteiger partial charge in [0, 0.05) is 23.6 Å². The van der Waals surface area contributed by atoms with E-state index in [9.17, 15) is 19.1 Å². The molecule has 3 fully saturated rings. The first-order valence-corrected chi connectivity index (χ1v) is 12.7. The van der Waals surface area contributed by atoms with Crippen molar-refractivity contribution in [2.45, 2.75) is 90.3 Å². The molecule has 1 aromatic rings. The first-order valence-electron chi connectivity index (χ1n) is 12.7. The monoisotopic (exact) mass is 458 g/mol. The van der Waals surface area contributed by atoms with Crippen LogP contribution in [0.3, 0.4) is 0 Å². The summed E-state index contributed by atoms with van der Waals surface area (Å²) in [5.74, 6) is -0.893. The number of aliphatic hydroxyl groups excluding tert-OH is 1. The second-order valence-corrected chi connectivity index (χ2v) is 11.1. The van der Waals surface area contributed by atoms with Gasteiger partial charge < -0.3 is 15.7 Å². The normalized spacial score (nSPS) is 35.5. The number of hydrogen-bond donors (Lipinski definition) is 3. The quantitative estimate of drug-likeness (QED) is 0.610. The molecule has 1 aromatic carbocycles. The molecule has 3 N–H and O–H groups in total. The summed E-state index contributed by atoms with van der Waals surface area (Å²) in [6, 6.07) is 5.93. The highest BCUT2D eigenvalue weighted by atomic mass is 19.1. The third-order valence-electron chi connectivity index (χ3n) is 9.05. The zero-order chi connectivity index (χ0) is 23.8. The Morgan fingerprint density at radius 3 is 2.52 bits per heavy atom. The molecule has 0 aliphatic heterocycles. The minimum atomic E-state index is -0.586. The van der Waals surface area contributed by atoms with Crippen molar-refractivity contribution < 1.29 is 19.1 Å². The number of hydrogen-bond acceptors (Lipinski definition) is 3. The SMILES string of the molecule is CC(C(=O)NC1CCCC1)C1CCC2(C)CCC(NC(=O)c3cccc(F)c3)C(C)C2C1O. The predicted molar refractivity (Wildman–Crippen MR) is 126 cm³/mol. The molecule has 3 aliphatic rings. The van der Waals surface area contributed by atoms with Crippen molar-refractivity contribution in [3.63, 3.8) is 0 Å². The van der Waals surface area contributed by atoms with Gasteiger partial charge in [0.25, 0.3) is 5.91 Å². The van der Waals surface area contributed by atoms with E-state index in [1.165, 1.54) is 25.0 Å². The lowest BCUT2D eigenvalue weighted by Crippen LogP contribution is -2.58. The molecule has 3 saturated carbocycles. The summed E-state index contributed by atoms with van der Waals surface area (Å²) in [6.07, 6.45) is 7.45. The molecule has 0 saturated heterocycles. The van der Waals surface area contributed by atoms with E-state index in [0.717, 1.165) is 38.5 Å². The average molecular weight is 459 g/mol. The Morgan fingerprint density at radius 1 is 1.12 bits per heavy atom. The van der Waals surface area contributed by atoms with Crippen molar-refractivity contribution in [1.29, 1.82) is 0 Å². The van der Waals surface area contributed by atoms with Crippen LogP contribution in [0.5, 0.6) is 0 Å². The van der Waals surface area contributed by atoms with Gasteiger partial charge in [-0.3, -0.25) is 9.59 Å². The third-order valence-corrected chi connectivity index (χ3v) is 9.05. The van der Waals surface area contributed by atoms with E-state index in [1.54, 1.807) is 12.1 Å². The van der Waals surface area contributed by atoms with Gasteiger partial charge >= 0.3 is 0 Å². The van der Waals surface area contributed by atoms with Gasteiger partial charge in [-0.2, -0.15) is 0 Å². The maximum atomic E-state index is 13.6. The van der Waals surface area contributed by atoms with E-state index in [1.807, 2.05) is 6.92 Å². The number of halogens is 1. The Hall–Kier alpha value is -1.95. The zero-order valence-electron chi connectivity index (χ0n) is 20.1. The van der Waals surface area contributed by atoms with Crippen LogP contribution in [-0.4, -0.2) is 35.1 Å². The van der Waals surface area contributed by atoms with Gasteiger partial charge in [-0.1, -0.05) is 39.7 Å². The van der Waals surface area contributed by atoms with Gasteiger partial charge in [0.05, 0.1) is 6.10 Å². The van der Waals surface area contributed by atoms with Crippen LogP contribution in [0, 0.1) is 34.9 Å².